The van der Waals surface area contributed by atoms with E-state index in [1.54, 1.807) is 6.07 Å². The summed E-state index contributed by atoms with van der Waals surface area (Å²) in [6, 6.07) is 4.52. The summed E-state index contributed by atoms with van der Waals surface area (Å²) in [6.07, 6.45) is 4.63. The van der Waals surface area contributed by atoms with Crippen molar-refractivity contribution in [3.8, 4) is 0 Å². The van der Waals surface area contributed by atoms with Gasteiger partial charge in [0, 0.05) is 51.9 Å². The third kappa shape index (κ3) is 8.01. The first kappa shape index (κ1) is 23.9. The van der Waals surface area contributed by atoms with Gasteiger partial charge in [0.1, 0.15) is 0 Å². The van der Waals surface area contributed by atoms with Gasteiger partial charge in [-0.25, -0.2) is 8.78 Å². The minimum Gasteiger partial charge on any atom is -0.393 e. The fourth-order valence-corrected chi connectivity index (χ4v) is 4.27. The molecule has 2 saturated heterocycles. The SMILES string of the molecule is CCNC(=NCCCN1CCC(O)CC1)NC1CCN(Cc2ccc(F)c(F)c2)CC1. The van der Waals surface area contributed by atoms with Gasteiger partial charge in [0.05, 0.1) is 6.10 Å². The van der Waals surface area contributed by atoms with E-state index in [1.807, 2.05) is 0 Å². The van der Waals surface area contributed by atoms with Crippen LogP contribution in [0.2, 0.25) is 0 Å². The van der Waals surface area contributed by atoms with Gasteiger partial charge in [-0.2, -0.15) is 0 Å². The number of nitrogens with zero attached hydrogens (tertiary/aromatic N) is 3. The lowest BCUT2D eigenvalue weighted by Crippen LogP contribution is -2.48. The number of hydrogen-bond acceptors (Lipinski definition) is 4. The highest BCUT2D eigenvalue weighted by molar-refractivity contribution is 5.80. The van der Waals surface area contributed by atoms with Crippen LogP contribution in [0.15, 0.2) is 23.2 Å². The van der Waals surface area contributed by atoms with E-state index >= 15 is 0 Å². The molecule has 1 aromatic carbocycles. The Kier molecular flexibility index (Phi) is 9.49. The smallest absolute Gasteiger partial charge is 0.191 e. The molecule has 1 aromatic rings. The molecule has 2 aliphatic heterocycles. The number of aliphatic hydroxyl groups excluding tert-OH is 1. The second kappa shape index (κ2) is 12.3. The van der Waals surface area contributed by atoms with Crippen molar-refractivity contribution >= 4 is 5.96 Å². The maximum atomic E-state index is 13.4. The number of nitrogens with one attached hydrogen (secondary N) is 2. The van der Waals surface area contributed by atoms with Gasteiger partial charge in [0.15, 0.2) is 17.6 Å². The molecule has 31 heavy (non-hydrogen) atoms. The number of aliphatic imine (C=N–C) groups is 1. The van der Waals surface area contributed by atoms with E-state index in [1.165, 1.54) is 12.1 Å². The molecular formula is C23H37F2N5O. The summed E-state index contributed by atoms with van der Waals surface area (Å²) in [5.74, 6) is -0.703. The maximum absolute atomic E-state index is 13.4. The first-order chi connectivity index (χ1) is 15.0. The molecule has 0 aliphatic carbocycles. The number of rotatable bonds is 8. The fourth-order valence-electron chi connectivity index (χ4n) is 4.27. The van der Waals surface area contributed by atoms with E-state index < -0.39 is 11.6 Å². The maximum Gasteiger partial charge on any atom is 0.191 e. The van der Waals surface area contributed by atoms with E-state index in [0.717, 1.165) is 89.4 Å². The topological polar surface area (TPSA) is 63.1 Å². The molecule has 0 radical (unpaired) electrons. The molecule has 0 bridgehead atoms. The molecule has 0 amide bonds. The lowest BCUT2D eigenvalue weighted by molar-refractivity contribution is 0.0824. The summed E-state index contributed by atoms with van der Waals surface area (Å²) >= 11 is 0. The van der Waals surface area contributed by atoms with Crippen molar-refractivity contribution in [2.45, 2.75) is 57.7 Å². The molecule has 0 aromatic heterocycles. The average Bonchev–Trinajstić information content (AvgIpc) is 2.76. The van der Waals surface area contributed by atoms with Gasteiger partial charge in [-0.3, -0.25) is 9.89 Å². The Labute approximate surface area is 184 Å². The zero-order valence-corrected chi connectivity index (χ0v) is 18.6. The summed E-state index contributed by atoms with van der Waals surface area (Å²) in [5, 5.41) is 16.5. The second-order valence-electron chi connectivity index (χ2n) is 8.63. The lowest BCUT2D eigenvalue weighted by atomic mass is 10.0. The van der Waals surface area contributed by atoms with Gasteiger partial charge >= 0.3 is 0 Å². The number of aliphatic hydroxyl groups is 1. The zero-order chi connectivity index (χ0) is 22.1. The largest absolute Gasteiger partial charge is 0.393 e. The highest BCUT2D eigenvalue weighted by Crippen LogP contribution is 2.16. The van der Waals surface area contributed by atoms with E-state index in [4.69, 9.17) is 4.99 Å². The molecule has 2 aliphatic rings. The van der Waals surface area contributed by atoms with Crippen LogP contribution >= 0.6 is 0 Å². The summed E-state index contributed by atoms with van der Waals surface area (Å²) in [5.41, 5.74) is 0.809. The minimum atomic E-state index is -0.795. The number of halogens is 2. The van der Waals surface area contributed by atoms with E-state index in [2.05, 4.69) is 27.4 Å². The first-order valence-electron chi connectivity index (χ1n) is 11.6. The van der Waals surface area contributed by atoms with Crippen LogP contribution in [0, 0.1) is 11.6 Å². The third-order valence-corrected chi connectivity index (χ3v) is 6.12. The van der Waals surface area contributed by atoms with Gasteiger partial charge in [-0.15, -0.1) is 0 Å². The van der Waals surface area contributed by atoms with Crippen LogP contribution in [-0.2, 0) is 6.54 Å². The summed E-state index contributed by atoms with van der Waals surface area (Å²) in [6.45, 7) is 9.13. The average molecular weight is 438 g/mol. The van der Waals surface area contributed by atoms with Gasteiger partial charge < -0.3 is 20.6 Å². The molecule has 6 nitrogen and oxygen atoms in total. The molecule has 0 atom stereocenters. The van der Waals surface area contributed by atoms with Crippen LogP contribution in [0.1, 0.15) is 44.6 Å². The minimum absolute atomic E-state index is 0.123. The van der Waals surface area contributed by atoms with Gasteiger partial charge in [0.25, 0.3) is 0 Å². The predicted molar refractivity (Wildman–Crippen MR) is 120 cm³/mol. The quantitative estimate of drug-likeness (QED) is 0.331. The predicted octanol–water partition coefficient (Wildman–Crippen LogP) is 2.33. The number of guanidine groups is 1. The Bertz CT molecular complexity index is 701. The van der Waals surface area contributed by atoms with E-state index in [9.17, 15) is 13.9 Å². The Balaban J connectivity index is 1.38. The second-order valence-corrected chi connectivity index (χ2v) is 8.63. The van der Waals surface area contributed by atoms with Crippen LogP contribution < -0.4 is 10.6 Å². The molecule has 3 N–H and O–H groups in total. The van der Waals surface area contributed by atoms with Gasteiger partial charge in [-0.1, -0.05) is 6.07 Å². The Morgan fingerprint density at radius 2 is 1.77 bits per heavy atom. The first-order valence-corrected chi connectivity index (χ1v) is 11.6. The molecule has 2 heterocycles. The van der Waals surface area contributed by atoms with Crippen molar-refractivity contribution < 1.29 is 13.9 Å². The van der Waals surface area contributed by atoms with Crippen molar-refractivity contribution in [3.63, 3.8) is 0 Å². The summed E-state index contributed by atoms with van der Waals surface area (Å²) in [7, 11) is 0. The highest BCUT2D eigenvalue weighted by atomic mass is 19.2. The van der Waals surface area contributed by atoms with Crippen LogP contribution in [0.25, 0.3) is 0 Å². The molecule has 0 unspecified atom stereocenters. The molecule has 0 spiro atoms. The van der Waals surface area contributed by atoms with Crippen molar-refractivity contribution in [2.24, 2.45) is 4.99 Å². The molecule has 8 heteroatoms. The van der Waals surface area contributed by atoms with Gasteiger partial charge in [-0.05, 0) is 63.3 Å². The standard InChI is InChI=1S/C23H37F2N5O/c1-2-26-23(27-10-3-11-29-14-8-20(31)9-15-29)28-19-6-12-30(13-7-19)17-18-4-5-21(24)22(25)16-18/h4-5,16,19-20,31H,2-3,6-15,17H2,1H3,(H2,26,27,28). The molecule has 2 fully saturated rings. The lowest BCUT2D eigenvalue weighted by Gasteiger charge is -2.33. The number of likely N-dealkylation sites (tertiary alicyclic amines) is 2. The number of piperidine rings is 2. The Hall–Kier alpha value is -1.77. The number of hydrogen-bond donors (Lipinski definition) is 3. The van der Waals surface area contributed by atoms with Crippen LogP contribution in [0.4, 0.5) is 8.78 Å². The van der Waals surface area contributed by atoms with Crippen LogP contribution in [-0.4, -0.2) is 78.8 Å². The summed E-state index contributed by atoms with van der Waals surface area (Å²) < 4.78 is 26.5. The fraction of sp³-hybridized carbons (Fsp3) is 0.696. The number of benzene rings is 1. The molecule has 0 saturated carbocycles. The van der Waals surface area contributed by atoms with Crippen molar-refractivity contribution in [1.29, 1.82) is 0 Å². The molecular weight excluding hydrogens is 400 g/mol. The van der Waals surface area contributed by atoms with Crippen LogP contribution in [0.3, 0.4) is 0 Å². The van der Waals surface area contributed by atoms with Crippen molar-refractivity contribution in [2.75, 3.05) is 45.8 Å². The van der Waals surface area contributed by atoms with Crippen molar-refractivity contribution in [1.82, 2.24) is 20.4 Å². The zero-order valence-electron chi connectivity index (χ0n) is 18.6. The Morgan fingerprint density at radius 3 is 2.45 bits per heavy atom. The molecule has 3 rings (SSSR count). The summed E-state index contributed by atoms with van der Waals surface area (Å²) in [4.78, 5) is 9.43. The van der Waals surface area contributed by atoms with Gasteiger partial charge in [0.2, 0.25) is 0 Å². The van der Waals surface area contributed by atoms with E-state index in [-0.39, 0.29) is 6.10 Å². The van der Waals surface area contributed by atoms with E-state index in [0.29, 0.717) is 12.6 Å². The molecule has 174 valence electrons. The van der Waals surface area contributed by atoms with Crippen molar-refractivity contribution in [3.05, 3.63) is 35.4 Å². The highest BCUT2D eigenvalue weighted by Gasteiger charge is 2.20. The van der Waals surface area contributed by atoms with Crippen LogP contribution in [0.5, 0.6) is 0 Å². The third-order valence-electron chi connectivity index (χ3n) is 6.12. The normalized spacial score (nSPS) is 20.2. The Morgan fingerprint density at radius 1 is 1.06 bits per heavy atom. The monoisotopic (exact) mass is 437 g/mol.